The van der Waals surface area contributed by atoms with E-state index in [1.165, 1.54) is 9.96 Å². The summed E-state index contributed by atoms with van der Waals surface area (Å²) in [6.45, 7) is 0.513. The first kappa shape index (κ1) is 13.8. The third kappa shape index (κ3) is 2.07. The minimum absolute atomic E-state index is 0.238. The van der Waals surface area contributed by atoms with Gasteiger partial charge in [0.2, 0.25) is 0 Å². The number of carbonyl (C=O) groups excluding carboxylic acids is 1. The van der Waals surface area contributed by atoms with E-state index in [4.69, 9.17) is 4.84 Å². The molecule has 2 amide bonds. The number of aliphatic carboxylic acids is 1. The molecule has 8 heteroatoms. The fourth-order valence-electron chi connectivity index (χ4n) is 3.11. The summed E-state index contributed by atoms with van der Waals surface area (Å²) in [6.07, 6.45) is 1.56. The first-order valence-electron chi connectivity index (χ1n) is 7.19. The SMILES string of the molecule is O=C(O)[C@@H]1c2[nH]ncc2[C@@H]2CN1C(=O)N2OCc1ccccc1. The molecule has 0 spiro atoms. The third-order valence-electron chi connectivity index (χ3n) is 4.18. The number of amides is 2. The van der Waals surface area contributed by atoms with Gasteiger partial charge in [-0.3, -0.25) is 9.94 Å². The Labute approximate surface area is 131 Å². The molecule has 23 heavy (non-hydrogen) atoms. The normalized spacial score (nSPS) is 22.3. The highest BCUT2D eigenvalue weighted by molar-refractivity contribution is 5.86. The van der Waals surface area contributed by atoms with Crippen molar-refractivity contribution in [3.8, 4) is 0 Å². The molecule has 2 aliphatic rings. The number of benzene rings is 1. The van der Waals surface area contributed by atoms with Crippen molar-refractivity contribution < 1.29 is 19.5 Å². The Morgan fingerprint density at radius 2 is 2.17 bits per heavy atom. The molecule has 1 aromatic heterocycles. The minimum Gasteiger partial charge on any atom is -0.479 e. The topological polar surface area (TPSA) is 98.8 Å². The van der Waals surface area contributed by atoms with Crippen molar-refractivity contribution in [2.75, 3.05) is 6.54 Å². The van der Waals surface area contributed by atoms with E-state index in [2.05, 4.69) is 10.2 Å². The zero-order valence-corrected chi connectivity index (χ0v) is 12.0. The largest absolute Gasteiger partial charge is 0.479 e. The molecule has 118 valence electrons. The van der Waals surface area contributed by atoms with E-state index in [-0.39, 0.29) is 19.2 Å². The number of carboxylic acids is 1. The van der Waals surface area contributed by atoms with Crippen LogP contribution in [0, 0.1) is 0 Å². The Morgan fingerprint density at radius 3 is 2.91 bits per heavy atom. The smallest absolute Gasteiger partial charge is 0.345 e. The first-order chi connectivity index (χ1) is 11.2. The van der Waals surface area contributed by atoms with Crippen molar-refractivity contribution in [1.82, 2.24) is 20.2 Å². The molecule has 1 saturated heterocycles. The number of fused-ring (bicyclic) bond motifs is 4. The summed E-state index contributed by atoms with van der Waals surface area (Å²) < 4.78 is 0. The van der Waals surface area contributed by atoms with E-state index in [9.17, 15) is 14.7 Å². The van der Waals surface area contributed by atoms with Crippen molar-refractivity contribution in [3.05, 3.63) is 53.3 Å². The molecule has 1 aromatic carbocycles. The van der Waals surface area contributed by atoms with E-state index >= 15 is 0 Å². The number of carboxylic acid groups (broad SMARTS) is 1. The summed E-state index contributed by atoms with van der Waals surface area (Å²) in [4.78, 5) is 31.0. The van der Waals surface area contributed by atoms with Crippen molar-refractivity contribution in [1.29, 1.82) is 0 Å². The van der Waals surface area contributed by atoms with E-state index in [0.29, 0.717) is 11.3 Å². The molecule has 0 aliphatic carbocycles. The van der Waals surface area contributed by atoms with Gasteiger partial charge in [0.25, 0.3) is 0 Å². The number of carbonyl (C=O) groups is 2. The quantitative estimate of drug-likeness (QED) is 0.890. The van der Waals surface area contributed by atoms with Crippen LogP contribution in [0.5, 0.6) is 0 Å². The van der Waals surface area contributed by atoms with Gasteiger partial charge in [0, 0.05) is 5.56 Å². The Morgan fingerprint density at radius 1 is 1.39 bits per heavy atom. The van der Waals surface area contributed by atoms with Gasteiger partial charge in [0.15, 0.2) is 6.04 Å². The second kappa shape index (κ2) is 5.10. The number of hydroxylamine groups is 2. The molecule has 0 radical (unpaired) electrons. The number of aromatic amines is 1. The fourth-order valence-corrected chi connectivity index (χ4v) is 3.11. The predicted octanol–water partition coefficient (Wildman–Crippen LogP) is 1.46. The molecular formula is C15H14N4O4. The van der Waals surface area contributed by atoms with Crippen LogP contribution in [-0.4, -0.2) is 43.8 Å². The van der Waals surface area contributed by atoms with Gasteiger partial charge in [-0.2, -0.15) is 10.2 Å². The van der Waals surface area contributed by atoms with Crippen molar-refractivity contribution in [3.63, 3.8) is 0 Å². The van der Waals surface area contributed by atoms with Gasteiger partial charge >= 0.3 is 12.0 Å². The number of nitrogens with one attached hydrogen (secondary N) is 1. The molecule has 3 heterocycles. The van der Waals surface area contributed by atoms with Gasteiger partial charge < -0.3 is 10.0 Å². The number of hydrogen-bond acceptors (Lipinski definition) is 4. The monoisotopic (exact) mass is 314 g/mol. The number of rotatable bonds is 4. The standard InChI is InChI=1S/C15H14N4O4/c20-14(21)13-12-10(6-16-17-12)11-7-18(13)15(22)19(11)23-8-9-4-2-1-3-5-9/h1-6,11,13H,7-8H2,(H,16,17)(H,20,21)/t11-,13-/m0/s1. The number of urea groups is 1. The van der Waals surface area contributed by atoms with E-state index in [1.54, 1.807) is 6.20 Å². The van der Waals surface area contributed by atoms with Crippen LogP contribution in [0.1, 0.15) is 28.9 Å². The van der Waals surface area contributed by atoms with Crippen LogP contribution in [0.25, 0.3) is 0 Å². The van der Waals surface area contributed by atoms with Crippen LogP contribution in [0.2, 0.25) is 0 Å². The molecule has 0 unspecified atom stereocenters. The average molecular weight is 314 g/mol. The maximum absolute atomic E-state index is 12.5. The molecule has 2 N–H and O–H groups in total. The lowest BCUT2D eigenvalue weighted by molar-refractivity contribution is -0.143. The van der Waals surface area contributed by atoms with Crippen LogP contribution in [-0.2, 0) is 16.2 Å². The second-order valence-corrected chi connectivity index (χ2v) is 5.52. The van der Waals surface area contributed by atoms with Crippen LogP contribution in [0.4, 0.5) is 4.79 Å². The van der Waals surface area contributed by atoms with E-state index in [1.807, 2.05) is 30.3 Å². The minimum atomic E-state index is -1.09. The summed E-state index contributed by atoms with van der Waals surface area (Å²) in [7, 11) is 0. The molecule has 4 rings (SSSR count). The van der Waals surface area contributed by atoms with E-state index < -0.39 is 18.0 Å². The summed E-state index contributed by atoms with van der Waals surface area (Å²) in [5.41, 5.74) is 2.06. The van der Waals surface area contributed by atoms with Gasteiger partial charge in [-0.1, -0.05) is 30.3 Å². The van der Waals surface area contributed by atoms with Gasteiger partial charge in [-0.15, -0.1) is 0 Å². The van der Waals surface area contributed by atoms with E-state index in [0.717, 1.165) is 5.56 Å². The van der Waals surface area contributed by atoms with Gasteiger partial charge in [-0.25, -0.2) is 9.59 Å². The summed E-state index contributed by atoms with van der Waals surface area (Å²) in [5, 5.41) is 17.3. The second-order valence-electron chi connectivity index (χ2n) is 5.52. The maximum Gasteiger partial charge on any atom is 0.345 e. The third-order valence-corrected chi connectivity index (χ3v) is 4.18. The summed E-state index contributed by atoms with van der Waals surface area (Å²) >= 11 is 0. The number of aromatic nitrogens is 2. The Balaban J connectivity index is 1.62. The van der Waals surface area contributed by atoms with Crippen molar-refractivity contribution >= 4 is 12.0 Å². The van der Waals surface area contributed by atoms with Crippen LogP contribution >= 0.6 is 0 Å². The van der Waals surface area contributed by atoms with Crippen LogP contribution in [0.15, 0.2) is 36.5 Å². The molecule has 2 aliphatic heterocycles. The number of hydrogen-bond donors (Lipinski definition) is 2. The van der Waals surface area contributed by atoms with Crippen molar-refractivity contribution in [2.45, 2.75) is 18.7 Å². The average Bonchev–Trinajstić information content (AvgIpc) is 3.13. The highest BCUT2D eigenvalue weighted by atomic mass is 16.7. The first-order valence-corrected chi connectivity index (χ1v) is 7.19. The Hall–Kier alpha value is -2.87. The van der Waals surface area contributed by atoms with Gasteiger partial charge in [0.1, 0.15) is 12.6 Å². The molecule has 8 nitrogen and oxygen atoms in total. The highest BCUT2D eigenvalue weighted by Crippen LogP contribution is 2.43. The predicted molar refractivity (Wildman–Crippen MR) is 76.9 cm³/mol. The van der Waals surface area contributed by atoms with Gasteiger partial charge in [-0.05, 0) is 5.56 Å². The Bertz CT molecular complexity index is 760. The van der Waals surface area contributed by atoms with Crippen LogP contribution in [0.3, 0.4) is 0 Å². The lowest BCUT2D eigenvalue weighted by Gasteiger charge is -2.26. The zero-order chi connectivity index (χ0) is 16.0. The fraction of sp³-hybridized carbons (Fsp3) is 0.267. The zero-order valence-electron chi connectivity index (χ0n) is 12.0. The summed E-state index contributed by atoms with van der Waals surface area (Å²) in [6, 6.07) is 7.63. The Kier molecular flexibility index (Phi) is 3.05. The molecule has 0 saturated carbocycles. The maximum atomic E-state index is 12.5. The number of H-pyrrole nitrogens is 1. The molecule has 2 aromatic rings. The number of nitrogens with zero attached hydrogens (tertiary/aromatic N) is 3. The summed E-state index contributed by atoms with van der Waals surface area (Å²) in [5.74, 6) is -1.09. The molecule has 1 fully saturated rings. The molecule has 2 bridgehead atoms. The van der Waals surface area contributed by atoms with Gasteiger partial charge in [0.05, 0.1) is 18.4 Å². The lowest BCUT2D eigenvalue weighted by Crippen LogP contribution is -2.38. The molecular weight excluding hydrogens is 300 g/mol. The lowest BCUT2D eigenvalue weighted by atomic mass is 9.98. The van der Waals surface area contributed by atoms with Crippen LogP contribution < -0.4 is 0 Å². The molecule has 2 atom stereocenters. The highest BCUT2D eigenvalue weighted by Gasteiger charge is 2.52. The van der Waals surface area contributed by atoms with Crippen molar-refractivity contribution in [2.24, 2.45) is 0 Å².